The quantitative estimate of drug-likeness (QED) is 0.777. The summed E-state index contributed by atoms with van der Waals surface area (Å²) in [4.78, 5) is 0. The molecule has 98 valence electrons. The van der Waals surface area contributed by atoms with Crippen LogP contribution in [0.5, 0.6) is 0 Å². The number of nitrogens with zero attached hydrogens (tertiary/aromatic N) is 2. The summed E-state index contributed by atoms with van der Waals surface area (Å²) < 4.78 is 2.01. The molecule has 0 saturated carbocycles. The highest BCUT2D eigenvalue weighted by molar-refractivity contribution is 6.22. The third kappa shape index (κ3) is 3.60. The highest BCUT2D eigenvalue weighted by Gasteiger charge is 2.25. The number of aromatic nitrogens is 2. The van der Waals surface area contributed by atoms with Crippen LogP contribution in [0.15, 0.2) is 6.07 Å². The van der Waals surface area contributed by atoms with E-state index in [1.54, 1.807) is 0 Å². The van der Waals surface area contributed by atoms with Crippen LogP contribution in [0.1, 0.15) is 31.7 Å². The van der Waals surface area contributed by atoms with Gasteiger partial charge >= 0.3 is 0 Å². The van der Waals surface area contributed by atoms with Crippen molar-refractivity contribution in [3.63, 3.8) is 0 Å². The first-order chi connectivity index (χ1) is 8.10. The largest absolute Gasteiger partial charge is 0.303 e. The molecule has 0 aliphatic heterocycles. The smallest absolute Gasteiger partial charge is 0.0597 e. The molecule has 0 saturated heterocycles. The van der Waals surface area contributed by atoms with Crippen molar-refractivity contribution in [2.45, 2.75) is 45.8 Å². The van der Waals surface area contributed by atoms with Crippen LogP contribution < -0.4 is 5.32 Å². The standard InChI is InChI=1S/C12H21Cl2N3/c1-4-12(8-13,9-14)15-7-11-6-10(3)16-17(11)5-2/h6,15H,4-5,7-9H2,1-3H3. The third-order valence-electron chi connectivity index (χ3n) is 3.12. The summed E-state index contributed by atoms with van der Waals surface area (Å²) >= 11 is 12.0. The Bertz CT molecular complexity index is 337. The van der Waals surface area contributed by atoms with Gasteiger partial charge in [0, 0.05) is 30.4 Å². The normalized spacial score (nSPS) is 12.1. The molecule has 0 radical (unpaired) electrons. The van der Waals surface area contributed by atoms with Crippen molar-refractivity contribution in [1.29, 1.82) is 0 Å². The lowest BCUT2D eigenvalue weighted by Crippen LogP contribution is -2.48. The predicted molar refractivity (Wildman–Crippen MR) is 73.9 cm³/mol. The van der Waals surface area contributed by atoms with Crippen molar-refractivity contribution in [1.82, 2.24) is 15.1 Å². The molecule has 0 amide bonds. The van der Waals surface area contributed by atoms with Gasteiger partial charge in [0.25, 0.3) is 0 Å². The number of rotatable bonds is 7. The minimum atomic E-state index is -0.181. The number of hydrogen-bond acceptors (Lipinski definition) is 2. The Morgan fingerprint density at radius 2 is 2.00 bits per heavy atom. The molecule has 17 heavy (non-hydrogen) atoms. The van der Waals surface area contributed by atoms with E-state index in [0.29, 0.717) is 11.8 Å². The Kier molecular flexibility index (Phi) is 5.77. The molecule has 0 aliphatic rings. The summed E-state index contributed by atoms with van der Waals surface area (Å²) in [5.41, 5.74) is 2.04. The van der Waals surface area contributed by atoms with Crippen LogP contribution in [0.4, 0.5) is 0 Å². The van der Waals surface area contributed by atoms with Crippen molar-refractivity contribution >= 4 is 23.2 Å². The molecule has 0 aromatic carbocycles. The number of hydrogen-bond donors (Lipinski definition) is 1. The Morgan fingerprint density at radius 3 is 2.47 bits per heavy atom. The van der Waals surface area contributed by atoms with Gasteiger partial charge < -0.3 is 5.32 Å². The van der Waals surface area contributed by atoms with Crippen molar-refractivity contribution < 1.29 is 0 Å². The van der Waals surface area contributed by atoms with Gasteiger partial charge in [0.1, 0.15) is 0 Å². The van der Waals surface area contributed by atoms with Gasteiger partial charge in [-0.15, -0.1) is 23.2 Å². The first-order valence-corrected chi connectivity index (χ1v) is 7.08. The third-order valence-corrected chi connectivity index (χ3v) is 4.14. The second kappa shape index (κ2) is 6.62. The lowest BCUT2D eigenvalue weighted by molar-refractivity contribution is 0.377. The number of alkyl halides is 2. The Balaban J connectivity index is 2.71. The SMILES string of the molecule is CCn1nc(C)cc1CNC(CC)(CCl)CCl. The lowest BCUT2D eigenvalue weighted by Gasteiger charge is -2.29. The van der Waals surface area contributed by atoms with Crippen molar-refractivity contribution in [3.8, 4) is 0 Å². The fourth-order valence-electron chi connectivity index (χ4n) is 1.74. The summed E-state index contributed by atoms with van der Waals surface area (Å²) in [5.74, 6) is 1.04. The minimum absolute atomic E-state index is 0.181. The summed E-state index contributed by atoms with van der Waals surface area (Å²) in [6.07, 6.45) is 0.916. The monoisotopic (exact) mass is 277 g/mol. The van der Waals surface area contributed by atoms with E-state index in [1.165, 1.54) is 5.69 Å². The molecule has 0 fully saturated rings. The van der Waals surface area contributed by atoms with Crippen LogP contribution in [0.2, 0.25) is 0 Å². The molecule has 0 unspecified atom stereocenters. The molecular weight excluding hydrogens is 257 g/mol. The summed E-state index contributed by atoms with van der Waals surface area (Å²) in [7, 11) is 0. The minimum Gasteiger partial charge on any atom is -0.303 e. The van der Waals surface area contributed by atoms with Crippen molar-refractivity contribution in [3.05, 3.63) is 17.5 Å². The second-order valence-corrected chi connectivity index (χ2v) is 4.88. The molecule has 1 heterocycles. The van der Waals surface area contributed by atoms with E-state index in [9.17, 15) is 0 Å². The van der Waals surface area contributed by atoms with E-state index < -0.39 is 0 Å². The van der Waals surface area contributed by atoms with Gasteiger partial charge in [-0.05, 0) is 26.3 Å². The average molecular weight is 278 g/mol. The number of nitrogens with one attached hydrogen (secondary N) is 1. The van der Waals surface area contributed by atoms with Gasteiger partial charge in [0.05, 0.1) is 11.4 Å². The zero-order chi connectivity index (χ0) is 12.9. The van der Waals surface area contributed by atoms with E-state index in [-0.39, 0.29) is 5.54 Å². The highest BCUT2D eigenvalue weighted by Crippen LogP contribution is 2.16. The van der Waals surface area contributed by atoms with E-state index in [0.717, 1.165) is 25.2 Å². The molecule has 0 atom stereocenters. The average Bonchev–Trinajstić information content (AvgIpc) is 2.72. The second-order valence-electron chi connectivity index (χ2n) is 4.35. The van der Waals surface area contributed by atoms with Gasteiger partial charge in [-0.2, -0.15) is 5.10 Å². The van der Waals surface area contributed by atoms with Crippen LogP contribution in [0.25, 0.3) is 0 Å². The summed E-state index contributed by atoms with van der Waals surface area (Å²) in [6.45, 7) is 7.83. The van der Waals surface area contributed by atoms with Gasteiger partial charge in [-0.25, -0.2) is 0 Å². The molecule has 1 rings (SSSR count). The fraction of sp³-hybridized carbons (Fsp3) is 0.750. The zero-order valence-electron chi connectivity index (χ0n) is 10.8. The van der Waals surface area contributed by atoms with Crippen LogP contribution in [0, 0.1) is 6.92 Å². The summed E-state index contributed by atoms with van der Waals surface area (Å²) in [6, 6.07) is 2.10. The number of halogens is 2. The molecule has 1 aromatic heterocycles. The van der Waals surface area contributed by atoms with Crippen molar-refractivity contribution in [2.24, 2.45) is 0 Å². The first-order valence-electron chi connectivity index (χ1n) is 6.01. The van der Waals surface area contributed by atoms with Gasteiger partial charge in [-0.3, -0.25) is 4.68 Å². The fourth-order valence-corrected chi connectivity index (χ4v) is 2.59. The molecule has 3 nitrogen and oxygen atoms in total. The molecule has 0 aliphatic carbocycles. The van der Waals surface area contributed by atoms with E-state index >= 15 is 0 Å². The van der Waals surface area contributed by atoms with Crippen LogP contribution in [-0.2, 0) is 13.1 Å². The maximum Gasteiger partial charge on any atom is 0.0597 e. The lowest BCUT2D eigenvalue weighted by atomic mass is 10.0. The molecule has 1 N–H and O–H groups in total. The Hall–Kier alpha value is -0.250. The highest BCUT2D eigenvalue weighted by atomic mass is 35.5. The van der Waals surface area contributed by atoms with Gasteiger partial charge in [0.2, 0.25) is 0 Å². The zero-order valence-corrected chi connectivity index (χ0v) is 12.3. The molecule has 0 bridgehead atoms. The predicted octanol–water partition coefficient (Wildman–Crippen LogP) is 2.93. The summed E-state index contributed by atoms with van der Waals surface area (Å²) in [5, 5.41) is 7.88. The molecule has 5 heteroatoms. The topological polar surface area (TPSA) is 29.9 Å². The molecule has 1 aromatic rings. The van der Waals surface area contributed by atoms with Gasteiger partial charge in [0.15, 0.2) is 0 Å². The first kappa shape index (κ1) is 14.8. The van der Waals surface area contributed by atoms with Crippen LogP contribution >= 0.6 is 23.2 Å². The van der Waals surface area contributed by atoms with E-state index in [4.69, 9.17) is 23.2 Å². The Labute approximate surface area is 113 Å². The molecular formula is C12H21Cl2N3. The van der Waals surface area contributed by atoms with Crippen molar-refractivity contribution in [2.75, 3.05) is 11.8 Å². The number of aryl methyl sites for hydroxylation is 2. The maximum atomic E-state index is 6.00. The van der Waals surface area contributed by atoms with Crippen LogP contribution in [-0.4, -0.2) is 27.1 Å². The van der Waals surface area contributed by atoms with E-state index in [2.05, 4.69) is 30.3 Å². The van der Waals surface area contributed by atoms with Gasteiger partial charge in [-0.1, -0.05) is 6.92 Å². The Morgan fingerprint density at radius 1 is 1.35 bits per heavy atom. The maximum absolute atomic E-state index is 6.00. The van der Waals surface area contributed by atoms with Crippen LogP contribution in [0.3, 0.4) is 0 Å². The molecule has 0 spiro atoms. The van der Waals surface area contributed by atoms with E-state index in [1.807, 2.05) is 11.6 Å².